The lowest BCUT2D eigenvalue weighted by atomic mass is 10.0. The van der Waals surface area contributed by atoms with Gasteiger partial charge in [0.2, 0.25) is 0 Å². The fourth-order valence-corrected chi connectivity index (χ4v) is 2.41. The van der Waals surface area contributed by atoms with E-state index >= 15 is 0 Å². The van der Waals surface area contributed by atoms with Crippen LogP contribution in [0.25, 0.3) is 0 Å². The molecule has 1 saturated heterocycles. The summed E-state index contributed by atoms with van der Waals surface area (Å²) in [6.45, 7) is 1.66. The SMILES string of the molecule is CC1CC(=O)/C(=C(\O)Cc2cccs2)C(=O)O1. The molecule has 1 atom stereocenters. The molecule has 0 bridgehead atoms. The number of esters is 1. The summed E-state index contributed by atoms with van der Waals surface area (Å²) in [6, 6.07) is 3.68. The minimum absolute atomic E-state index is 0.134. The predicted molar refractivity (Wildman–Crippen MR) is 62.9 cm³/mol. The maximum Gasteiger partial charge on any atom is 0.345 e. The van der Waals surface area contributed by atoms with Crippen LogP contribution in [0.4, 0.5) is 0 Å². The van der Waals surface area contributed by atoms with Crippen LogP contribution >= 0.6 is 11.3 Å². The molecule has 2 heterocycles. The summed E-state index contributed by atoms with van der Waals surface area (Å²) >= 11 is 1.46. The van der Waals surface area contributed by atoms with Crippen molar-refractivity contribution >= 4 is 23.1 Å². The van der Waals surface area contributed by atoms with E-state index in [9.17, 15) is 14.7 Å². The standard InChI is InChI=1S/C12H12O4S/c1-7-5-9(13)11(12(15)16-7)10(14)6-8-3-2-4-17-8/h2-4,7,14H,5-6H2,1H3/b11-10+. The van der Waals surface area contributed by atoms with Crippen LogP contribution in [0, 0.1) is 0 Å². The van der Waals surface area contributed by atoms with Crippen molar-refractivity contribution in [3.8, 4) is 0 Å². The van der Waals surface area contributed by atoms with Crippen molar-refractivity contribution in [1.82, 2.24) is 0 Å². The van der Waals surface area contributed by atoms with Crippen LogP contribution in [-0.4, -0.2) is 23.0 Å². The molecule has 0 spiro atoms. The number of hydrogen-bond donors (Lipinski definition) is 1. The zero-order chi connectivity index (χ0) is 12.4. The monoisotopic (exact) mass is 252 g/mol. The van der Waals surface area contributed by atoms with Crippen molar-refractivity contribution in [3.05, 3.63) is 33.7 Å². The normalized spacial score (nSPS) is 23.5. The van der Waals surface area contributed by atoms with Gasteiger partial charge in [0.05, 0.1) is 0 Å². The van der Waals surface area contributed by atoms with Gasteiger partial charge < -0.3 is 9.84 Å². The van der Waals surface area contributed by atoms with Crippen LogP contribution in [0.2, 0.25) is 0 Å². The Bertz CT molecular complexity index is 453. The van der Waals surface area contributed by atoms with E-state index in [1.54, 1.807) is 6.92 Å². The third-order valence-electron chi connectivity index (χ3n) is 2.47. The molecule has 5 heteroatoms. The number of thiophene rings is 1. The molecule has 0 radical (unpaired) electrons. The Balaban J connectivity index is 2.24. The largest absolute Gasteiger partial charge is 0.511 e. The van der Waals surface area contributed by atoms with Gasteiger partial charge in [-0.3, -0.25) is 4.79 Å². The van der Waals surface area contributed by atoms with Gasteiger partial charge in [-0.2, -0.15) is 0 Å². The highest BCUT2D eigenvalue weighted by molar-refractivity contribution is 7.09. The summed E-state index contributed by atoms with van der Waals surface area (Å²) in [6.07, 6.45) is -0.0778. The van der Waals surface area contributed by atoms with E-state index in [1.807, 2.05) is 17.5 Å². The molecular weight excluding hydrogens is 240 g/mol. The van der Waals surface area contributed by atoms with Crippen molar-refractivity contribution in [2.24, 2.45) is 0 Å². The maximum atomic E-state index is 11.7. The summed E-state index contributed by atoms with van der Waals surface area (Å²) in [5, 5.41) is 11.7. The Labute approximate surface area is 103 Å². The van der Waals surface area contributed by atoms with Crippen LogP contribution in [0.15, 0.2) is 28.8 Å². The van der Waals surface area contributed by atoms with Crippen molar-refractivity contribution in [2.75, 3.05) is 0 Å². The number of aliphatic hydroxyl groups excluding tert-OH is 1. The van der Waals surface area contributed by atoms with E-state index in [0.29, 0.717) is 0 Å². The highest BCUT2D eigenvalue weighted by Crippen LogP contribution is 2.21. The number of rotatable bonds is 2. The first kappa shape index (κ1) is 11.9. The van der Waals surface area contributed by atoms with Crippen LogP contribution in [-0.2, 0) is 20.7 Å². The van der Waals surface area contributed by atoms with Gasteiger partial charge in [0.25, 0.3) is 0 Å². The molecule has 0 aromatic carbocycles. The molecule has 90 valence electrons. The van der Waals surface area contributed by atoms with E-state index in [0.717, 1.165) is 4.88 Å². The van der Waals surface area contributed by atoms with E-state index in [1.165, 1.54) is 11.3 Å². The molecule has 17 heavy (non-hydrogen) atoms. The smallest absolute Gasteiger partial charge is 0.345 e. The number of carbonyl (C=O) groups excluding carboxylic acids is 2. The Kier molecular flexibility index (Phi) is 3.28. The number of hydrogen-bond acceptors (Lipinski definition) is 5. The van der Waals surface area contributed by atoms with Gasteiger partial charge in [0, 0.05) is 17.7 Å². The Morgan fingerprint density at radius 1 is 1.59 bits per heavy atom. The molecule has 1 aromatic rings. The first-order chi connectivity index (χ1) is 8.08. The Morgan fingerprint density at radius 2 is 2.35 bits per heavy atom. The molecule has 0 aliphatic carbocycles. The van der Waals surface area contributed by atoms with Crippen molar-refractivity contribution in [1.29, 1.82) is 0 Å². The molecule has 4 nitrogen and oxygen atoms in total. The Hall–Kier alpha value is -1.62. The fourth-order valence-electron chi connectivity index (χ4n) is 1.71. The first-order valence-corrected chi connectivity index (χ1v) is 6.14. The zero-order valence-electron chi connectivity index (χ0n) is 9.30. The molecule has 1 aliphatic rings. The van der Waals surface area contributed by atoms with E-state index in [-0.39, 0.29) is 30.0 Å². The average molecular weight is 252 g/mol. The topological polar surface area (TPSA) is 63.6 Å². The highest BCUT2D eigenvalue weighted by Gasteiger charge is 2.32. The molecule has 1 unspecified atom stereocenters. The molecular formula is C12H12O4S. The summed E-state index contributed by atoms with van der Waals surface area (Å²) in [5.74, 6) is -1.26. The molecule has 1 aromatic heterocycles. The van der Waals surface area contributed by atoms with Crippen molar-refractivity contribution < 1.29 is 19.4 Å². The number of Topliss-reactive ketones (excluding diaryl/α,β-unsaturated/α-hetero) is 1. The van der Waals surface area contributed by atoms with Crippen molar-refractivity contribution in [3.63, 3.8) is 0 Å². The second kappa shape index (κ2) is 4.71. The molecule has 1 aliphatic heterocycles. The molecule has 0 saturated carbocycles. The summed E-state index contributed by atoms with van der Waals surface area (Å²) in [5.41, 5.74) is -0.198. The molecule has 1 fully saturated rings. The van der Waals surface area contributed by atoms with Gasteiger partial charge in [-0.15, -0.1) is 11.3 Å². The lowest BCUT2D eigenvalue weighted by Gasteiger charge is -2.20. The summed E-state index contributed by atoms with van der Waals surface area (Å²) < 4.78 is 4.94. The number of carbonyl (C=O) groups is 2. The lowest BCUT2D eigenvalue weighted by Crippen LogP contribution is -2.31. The van der Waals surface area contributed by atoms with Crippen molar-refractivity contribution in [2.45, 2.75) is 25.9 Å². The van der Waals surface area contributed by atoms with Gasteiger partial charge in [0.15, 0.2) is 5.78 Å². The number of ether oxygens (including phenoxy) is 1. The van der Waals surface area contributed by atoms with Gasteiger partial charge in [0.1, 0.15) is 17.4 Å². The average Bonchev–Trinajstić information content (AvgIpc) is 2.68. The summed E-state index contributed by atoms with van der Waals surface area (Å²) in [7, 11) is 0. The number of aliphatic hydroxyl groups is 1. The minimum Gasteiger partial charge on any atom is -0.511 e. The maximum absolute atomic E-state index is 11.7. The third kappa shape index (κ3) is 2.55. The minimum atomic E-state index is -0.720. The van der Waals surface area contributed by atoms with Crippen LogP contribution in [0.1, 0.15) is 18.2 Å². The third-order valence-corrected chi connectivity index (χ3v) is 3.35. The predicted octanol–water partition coefficient (Wildman–Crippen LogP) is 2.01. The molecule has 1 N–H and O–H groups in total. The van der Waals surface area contributed by atoms with Gasteiger partial charge in [-0.25, -0.2) is 4.79 Å². The van der Waals surface area contributed by atoms with Gasteiger partial charge in [-0.1, -0.05) is 6.07 Å². The van der Waals surface area contributed by atoms with E-state index in [4.69, 9.17) is 4.74 Å². The lowest BCUT2D eigenvalue weighted by molar-refractivity contribution is -0.150. The molecule has 2 rings (SSSR count). The number of ketones is 1. The Morgan fingerprint density at radius 3 is 2.94 bits per heavy atom. The van der Waals surface area contributed by atoms with Crippen LogP contribution in [0.5, 0.6) is 0 Å². The quantitative estimate of drug-likeness (QED) is 0.378. The summed E-state index contributed by atoms with van der Waals surface area (Å²) in [4.78, 5) is 24.1. The zero-order valence-corrected chi connectivity index (χ0v) is 10.1. The number of allylic oxidation sites excluding steroid dienone is 1. The fraction of sp³-hybridized carbons (Fsp3) is 0.333. The number of cyclic esters (lactones) is 1. The van der Waals surface area contributed by atoms with Crippen LogP contribution in [0.3, 0.4) is 0 Å². The second-order valence-corrected chi connectivity index (χ2v) is 4.95. The van der Waals surface area contributed by atoms with E-state index in [2.05, 4.69) is 0 Å². The van der Waals surface area contributed by atoms with Crippen LogP contribution < -0.4 is 0 Å². The molecule has 0 amide bonds. The first-order valence-electron chi connectivity index (χ1n) is 5.26. The highest BCUT2D eigenvalue weighted by atomic mass is 32.1. The second-order valence-electron chi connectivity index (χ2n) is 3.92. The van der Waals surface area contributed by atoms with Gasteiger partial charge in [-0.05, 0) is 18.4 Å². The van der Waals surface area contributed by atoms with Gasteiger partial charge >= 0.3 is 5.97 Å². The van der Waals surface area contributed by atoms with E-state index < -0.39 is 12.1 Å².